The predicted molar refractivity (Wildman–Crippen MR) is 148 cm³/mol. The monoisotopic (exact) mass is 502 g/mol. The largest absolute Gasteiger partial charge is 0.414 e. The van der Waals surface area contributed by atoms with Gasteiger partial charge in [-0.2, -0.15) is 0 Å². The van der Waals surface area contributed by atoms with Gasteiger partial charge in [0, 0.05) is 12.0 Å². The molecule has 0 aromatic heterocycles. The third-order valence-electron chi connectivity index (χ3n) is 7.68. The maximum Gasteiger partial charge on any atom is 0.192 e. The lowest BCUT2D eigenvalue weighted by Gasteiger charge is -2.40. The van der Waals surface area contributed by atoms with E-state index in [4.69, 9.17) is 18.7 Å². The lowest BCUT2D eigenvalue weighted by Crippen LogP contribution is -2.48. The van der Waals surface area contributed by atoms with Gasteiger partial charge in [-0.1, -0.05) is 77.7 Å². The van der Waals surface area contributed by atoms with Gasteiger partial charge < -0.3 is 18.7 Å². The van der Waals surface area contributed by atoms with Gasteiger partial charge in [0.25, 0.3) is 0 Å². The van der Waals surface area contributed by atoms with Crippen molar-refractivity contribution in [1.29, 1.82) is 0 Å². The molecular weight excluding hydrogens is 456 g/mol. The van der Waals surface area contributed by atoms with Crippen LogP contribution in [0.1, 0.15) is 48.0 Å². The second-order valence-electron chi connectivity index (χ2n) is 12.4. The van der Waals surface area contributed by atoms with Crippen LogP contribution >= 0.6 is 0 Å². The van der Waals surface area contributed by atoms with Gasteiger partial charge in [-0.15, -0.1) is 0 Å². The summed E-state index contributed by atoms with van der Waals surface area (Å²) in [5.41, 5.74) is 1.96. The van der Waals surface area contributed by atoms with Crippen LogP contribution in [0, 0.1) is 11.8 Å². The van der Waals surface area contributed by atoms with Crippen LogP contribution in [0.5, 0.6) is 0 Å². The van der Waals surface area contributed by atoms with Crippen LogP contribution in [0.4, 0.5) is 0 Å². The van der Waals surface area contributed by atoms with Gasteiger partial charge in [0.05, 0.1) is 18.8 Å². The Morgan fingerprint density at radius 1 is 0.971 bits per heavy atom. The van der Waals surface area contributed by atoms with Crippen LogP contribution in [-0.2, 0) is 13.6 Å². The maximum atomic E-state index is 9.02. The van der Waals surface area contributed by atoms with E-state index in [0.29, 0.717) is 6.61 Å². The Morgan fingerprint density at radius 3 is 2.18 bits per heavy atom. The molecule has 2 aliphatic rings. The number of hydrogen-bond acceptors (Lipinski definition) is 4. The predicted octanol–water partition coefficient (Wildman–Crippen LogP) is 6.53. The average Bonchev–Trinajstić information content (AvgIpc) is 3.06. The highest BCUT2D eigenvalue weighted by atomic mass is 28.4. The van der Waals surface area contributed by atoms with Crippen molar-refractivity contribution in [3.05, 3.63) is 47.6 Å². The van der Waals surface area contributed by atoms with Gasteiger partial charge in [-0.25, -0.2) is 0 Å². The number of rotatable bonds is 6. The van der Waals surface area contributed by atoms with Gasteiger partial charge >= 0.3 is 0 Å². The summed E-state index contributed by atoms with van der Waals surface area (Å²) < 4.78 is 20.1. The molecule has 2 rings (SSSR count). The lowest BCUT2D eigenvalue weighted by molar-refractivity contribution is -0.00563. The summed E-state index contributed by atoms with van der Waals surface area (Å²) in [6, 6.07) is 0. The summed E-state index contributed by atoms with van der Waals surface area (Å²) in [6.45, 7) is 23.2. The zero-order valence-electron chi connectivity index (χ0n) is 23.0. The lowest BCUT2D eigenvalue weighted by atomic mass is 10.0. The molecule has 1 N–H and O–H groups in total. The molecule has 34 heavy (non-hydrogen) atoms. The molecule has 0 aromatic rings. The summed E-state index contributed by atoms with van der Waals surface area (Å²) in [5.74, 6) is 5.71. The first-order chi connectivity index (χ1) is 15.6. The normalized spacial score (nSPS) is 29.1. The first kappa shape index (κ1) is 29.0. The van der Waals surface area contributed by atoms with Crippen molar-refractivity contribution in [2.45, 2.75) is 103 Å². The van der Waals surface area contributed by atoms with E-state index in [1.807, 2.05) is 24.3 Å². The van der Waals surface area contributed by atoms with Crippen LogP contribution in [-0.4, -0.2) is 53.3 Å². The van der Waals surface area contributed by atoms with Crippen molar-refractivity contribution in [3.63, 3.8) is 0 Å². The molecule has 0 spiro atoms. The smallest absolute Gasteiger partial charge is 0.192 e. The Labute approximate surface area is 210 Å². The SMILES string of the molecule is CC(C)(C)[Si](C)(C)OCC1OC(C2=C/C=C\C=C(C#CCO)/C=C\2)CC1O[Si](C)(C)C(C)(C)C. The fourth-order valence-electron chi connectivity index (χ4n) is 3.33. The second kappa shape index (κ2) is 11.2. The van der Waals surface area contributed by atoms with Crippen LogP contribution in [0.2, 0.25) is 36.3 Å². The molecule has 0 saturated carbocycles. The fraction of sp³-hybridized carbons (Fsp3) is 0.643. The Balaban J connectivity index is 2.26. The third kappa shape index (κ3) is 7.65. The van der Waals surface area contributed by atoms with Crippen LogP contribution in [0.3, 0.4) is 0 Å². The second-order valence-corrected chi connectivity index (χ2v) is 21.9. The van der Waals surface area contributed by atoms with Crippen molar-refractivity contribution < 1.29 is 18.7 Å². The first-order valence-corrected chi connectivity index (χ1v) is 18.2. The quantitative estimate of drug-likeness (QED) is 0.331. The Bertz CT molecular complexity index is 886. The van der Waals surface area contributed by atoms with E-state index in [0.717, 1.165) is 17.6 Å². The number of aliphatic hydroxyl groups excluding tert-OH is 1. The molecule has 0 radical (unpaired) electrons. The van der Waals surface area contributed by atoms with Crippen LogP contribution < -0.4 is 0 Å². The topological polar surface area (TPSA) is 47.9 Å². The molecule has 0 amide bonds. The Hall–Kier alpha value is -1.21. The molecule has 1 aliphatic carbocycles. The number of allylic oxidation sites excluding steroid dienone is 6. The Morgan fingerprint density at radius 2 is 1.59 bits per heavy atom. The van der Waals surface area contributed by atoms with E-state index in [-0.39, 0.29) is 35.0 Å². The van der Waals surface area contributed by atoms with E-state index >= 15 is 0 Å². The molecule has 3 unspecified atom stereocenters. The fourth-order valence-corrected chi connectivity index (χ4v) is 5.70. The molecule has 0 aromatic carbocycles. The van der Waals surface area contributed by atoms with Crippen molar-refractivity contribution in [2.24, 2.45) is 0 Å². The minimum absolute atomic E-state index is 0.00331. The minimum atomic E-state index is -1.97. The van der Waals surface area contributed by atoms with Crippen LogP contribution in [0.15, 0.2) is 47.6 Å². The van der Waals surface area contributed by atoms with E-state index in [1.54, 1.807) is 0 Å². The van der Waals surface area contributed by atoms with Gasteiger partial charge in [0.15, 0.2) is 16.6 Å². The molecular formula is C28H46O4Si2. The zero-order valence-corrected chi connectivity index (χ0v) is 25.0. The molecule has 1 heterocycles. The average molecular weight is 503 g/mol. The molecule has 1 fully saturated rings. The van der Waals surface area contributed by atoms with Gasteiger partial charge in [0.2, 0.25) is 0 Å². The molecule has 4 nitrogen and oxygen atoms in total. The molecule has 3 atom stereocenters. The minimum Gasteiger partial charge on any atom is -0.414 e. The van der Waals surface area contributed by atoms with E-state index in [2.05, 4.69) is 91.7 Å². The zero-order chi connectivity index (χ0) is 25.8. The van der Waals surface area contributed by atoms with Crippen molar-refractivity contribution >= 4 is 16.6 Å². The van der Waals surface area contributed by atoms with Crippen molar-refractivity contribution in [3.8, 4) is 11.8 Å². The third-order valence-corrected chi connectivity index (χ3v) is 16.7. The number of ether oxygens (including phenoxy) is 1. The van der Waals surface area contributed by atoms with Crippen LogP contribution in [0.25, 0.3) is 0 Å². The molecule has 0 bridgehead atoms. The highest BCUT2D eigenvalue weighted by Gasteiger charge is 2.46. The summed E-state index contributed by atoms with van der Waals surface area (Å²) in [5, 5.41) is 9.30. The molecule has 1 aliphatic heterocycles. The van der Waals surface area contributed by atoms with Gasteiger partial charge in [0.1, 0.15) is 12.7 Å². The first-order valence-electron chi connectivity index (χ1n) is 12.4. The van der Waals surface area contributed by atoms with Gasteiger partial charge in [-0.3, -0.25) is 0 Å². The standard InChI is InChI=1S/C28H46O4Si2/c1-27(2,3)33(7,8)30-21-26-25(32-34(9,10)28(4,5)6)20-24(31-26)23-16-12-11-14-22(17-18-23)15-13-19-29/h11-12,14,16-18,24-26,29H,19-21H2,1-10H3/b12-11-,14-11?,16-12?,18-17-,22-14-,22-17?,23-16+,23-18?. The Kier molecular flexibility index (Phi) is 9.59. The highest BCUT2D eigenvalue weighted by molar-refractivity contribution is 6.74. The van der Waals surface area contributed by atoms with E-state index in [1.165, 1.54) is 0 Å². The number of aliphatic hydroxyl groups is 1. The van der Waals surface area contributed by atoms with E-state index < -0.39 is 16.6 Å². The van der Waals surface area contributed by atoms with Crippen molar-refractivity contribution in [1.82, 2.24) is 0 Å². The highest BCUT2D eigenvalue weighted by Crippen LogP contribution is 2.42. The maximum absolute atomic E-state index is 9.02. The summed E-state index contributed by atoms with van der Waals surface area (Å²) in [4.78, 5) is 0. The molecule has 190 valence electrons. The molecule has 1 saturated heterocycles. The molecule has 6 heteroatoms. The van der Waals surface area contributed by atoms with Crippen molar-refractivity contribution in [2.75, 3.05) is 13.2 Å². The van der Waals surface area contributed by atoms with Gasteiger partial charge in [-0.05, 0) is 54.0 Å². The van der Waals surface area contributed by atoms with E-state index in [9.17, 15) is 0 Å². The number of hydrogen-bond donors (Lipinski definition) is 1. The summed E-state index contributed by atoms with van der Waals surface area (Å²) >= 11 is 0. The summed E-state index contributed by atoms with van der Waals surface area (Å²) in [7, 11) is -3.88. The summed E-state index contributed by atoms with van der Waals surface area (Å²) in [6.07, 6.45) is 12.8.